The summed E-state index contributed by atoms with van der Waals surface area (Å²) in [6.45, 7) is 3.91. The largest absolute Gasteiger partial charge is 0.344 e. The number of amides is 1. The quantitative estimate of drug-likeness (QED) is 0.803. The van der Waals surface area contributed by atoms with Crippen LogP contribution in [0.4, 0.5) is 0 Å². The van der Waals surface area contributed by atoms with Crippen molar-refractivity contribution in [3.8, 4) is 5.69 Å². The number of nitrogens with one attached hydrogen (secondary N) is 1. The van der Waals surface area contributed by atoms with Crippen LogP contribution in [0.1, 0.15) is 34.7 Å². The maximum absolute atomic E-state index is 12.2. The predicted octanol–water partition coefficient (Wildman–Crippen LogP) is 2.46. The Labute approximate surface area is 134 Å². The minimum absolute atomic E-state index is 0.179. The molecule has 23 heavy (non-hydrogen) atoms. The van der Waals surface area contributed by atoms with E-state index in [0.717, 1.165) is 16.9 Å². The summed E-state index contributed by atoms with van der Waals surface area (Å²) in [5.74, 6) is -0.252. The highest BCUT2D eigenvalue weighted by Crippen LogP contribution is 2.20. The number of carbonyl (C=O) groups excluding carboxylic acids is 1. The molecule has 0 bridgehead atoms. The van der Waals surface area contributed by atoms with Crippen LogP contribution < -0.4 is 5.32 Å². The lowest BCUT2D eigenvalue weighted by Gasteiger charge is -2.13. The van der Waals surface area contributed by atoms with Crippen molar-refractivity contribution in [1.82, 2.24) is 25.1 Å². The van der Waals surface area contributed by atoms with Crippen molar-refractivity contribution in [2.75, 3.05) is 0 Å². The maximum atomic E-state index is 12.2. The van der Waals surface area contributed by atoms with Gasteiger partial charge in [-0.05, 0) is 26.0 Å². The van der Waals surface area contributed by atoms with E-state index in [4.69, 9.17) is 0 Å². The molecular weight excluding hydrogens is 290 g/mol. The van der Waals surface area contributed by atoms with Gasteiger partial charge >= 0.3 is 0 Å². The first-order chi connectivity index (χ1) is 11.2. The third-order valence-electron chi connectivity index (χ3n) is 3.66. The molecule has 0 saturated carbocycles. The van der Waals surface area contributed by atoms with E-state index in [2.05, 4.69) is 20.4 Å². The molecule has 2 aromatic heterocycles. The Morgan fingerprint density at radius 3 is 2.65 bits per heavy atom. The molecule has 0 aliphatic heterocycles. The summed E-state index contributed by atoms with van der Waals surface area (Å²) in [7, 11) is 0. The van der Waals surface area contributed by atoms with Crippen molar-refractivity contribution in [2.45, 2.75) is 19.9 Å². The zero-order chi connectivity index (χ0) is 16.2. The van der Waals surface area contributed by atoms with Crippen molar-refractivity contribution in [3.63, 3.8) is 0 Å². The van der Waals surface area contributed by atoms with Crippen LogP contribution in [0.25, 0.3) is 5.69 Å². The molecule has 1 aromatic carbocycles. The van der Waals surface area contributed by atoms with Crippen LogP contribution in [0.2, 0.25) is 0 Å². The molecule has 1 N–H and O–H groups in total. The average molecular weight is 307 g/mol. The lowest BCUT2D eigenvalue weighted by atomic mass is 10.1. The highest BCUT2D eigenvalue weighted by atomic mass is 16.1. The van der Waals surface area contributed by atoms with Crippen molar-refractivity contribution < 1.29 is 4.79 Å². The van der Waals surface area contributed by atoms with E-state index in [0.29, 0.717) is 5.69 Å². The van der Waals surface area contributed by atoms with E-state index >= 15 is 0 Å². The second-order valence-corrected chi connectivity index (χ2v) is 5.22. The summed E-state index contributed by atoms with van der Waals surface area (Å²) in [6.07, 6.45) is 6.26. The molecule has 0 aliphatic rings. The molecule has 116 valence electrons. The standard InChI is InChI=1S/C17H17N5O/c1-12(21-17(23)16-11-18-8-9-19-16)15-10-20-22(13(15)2)14-6-4-3-5-7-14/h3-12H,1-2H3,(H,21,23)/t12-/m0/s1. The lowest BCUT2D eigenvalue weighted by molar-refractivity contribution is 0.0934. The molecule has 3 rings (SSSR count). The van der Waals surface area contributed by atoms with Crippen LogP contribution in [0.15, 0.2) is 55.1 Å². The van der Waals surface area contributed by atoms with Gasteiger partial charge in [0.1, 0.15) is 5.69 Å². The zero-order valence-electron chi connectivity index (χ0n) is 13.0. The lowest BCUT2D eigenvalue weighted by Crippen LogP contribution is -2.27. The number of nitrogens with zero attached hydrogens (tertiary/aromatic N) is 4. The first kappa shape index (κ1) is 14.9. The number of rotatable bonds is 4. The molecule has 0 aliphatic carbocycles. The van der Waals surface area contributed by atoms with Crippen molar-refractivity contribution in [3.05, 3.63) is 72.1 Å². The number of hydrogen-bond donors (Lipinski definition) is 1. The second-order valence-electron chi connectivity index (χ2n) is 5.22. The van der Waals surface area contributed by atoms with Gasteiger partial charge in [0.05, 0.1) is 24.1 Å². The predicted molar refractivity (Wildman–Crippen MR) is 86.2 cm³/mol. The monoisotopic (exact) mass is 307 g/mol. The highest BCUT2D eigenvalue weighted by molar-refractivity contribution is 5.92. The first-order valence-electron chi connectivity index (χ1n) is 7.33. The van der Waals surface area contributed by atoms with Gasteiger partial charge < -0.3 is 5.32 Å². The van der Waals surface area contributed by atoms with Gasteiger partial charge in [-0.3, -0.25) is 9.78 Å². The van der Waals surface area contributed by atoms with Gasteiger partial charge in [-0.15, -0.1) is 0 Å². The van der Waals surface area contributed by atoms with E-state index in [9.17, 15) is 4.79 Å². The molecule has 3 aromatic rings. The molecular formula is C17H17N5O. The zero-order valence-corrected chi connectivity index (χ0v) is 13.0. The summed E-state index contributed by atoms with van der Waals surface area (Å²) in [5.41, 5.74) is 3.24. The van der Waals surface area contributed by atoms with Gasteiger partial charge in [-0.25, -0.2) is 9.67 Å². The molecule has 1 atom stereocenters. The molecule has 0 spiro atoms. The second kappa shape index (κ2) is 6.39. The van der Waals surface area contributed by atoms with E-state index in [-0.39, 0.29) is 11.9 Å². The van der Waals surface area contributed by atoms with Gasteiger partial charge in [0, 0.05) is 23.7 Å². The summed E-state index contributed by atoms with van der Waals surface area (Å²) in [4.78, 5) is 20.1. The van der Waals surface area contributed by atoms with Crippen LogP contribution in [-0.4, -0.2) is 25.7 Å². The SMILES string of the molecule is Cc1c([C@H](C)NC(=O)c2cnccn2)cnn1-c1ccccc1. The van der Waals surface area contributed by atoms with Crippen LogP contribution in [-0.2, 0) is 0 Å². The first-order valence-corrected chi connectivity index (χ1v) is 7.33. The van der Waals surface area contributed by atoms with Crippen molar-refractivity contribution in [1.29, 1.82) is 0 Å². The minimum Gasteiger partial charge on any atom is -0.344 e. The van der Waals surface area contributed by atoms with E-state index in [1.807, 2.05) is 48.9 Å². The number of hydrogen-bond acceptors (Lipinski definition) is 4. The molecule has 6 nitrogen and oxygen atoms in total. The summed E-state index contributed by atoms with van der Waals surface area (Å²) in [5, 5.41) is 7.35. The van der Waals surface area contributed by atoms with E-state index in [1.54, 1.807) is 6.20 Å². The Morgan fingerprint density at radius 2 is 1.96 bits per heavy atom. The van der Waals surface area contributed by atoms with Gasteiger partial charge in [0.25, 0.3) is 5.91 Å². The molecule has 1 amide bonds. The number of para-hydroxylation sites is 1. The number of carbonyl (C=O) groups is 1. The van der Waals surface area contributed by atoms with Crippen LogP contribution in [0.5, 0.6) is 0 Å². The highest BCUT2D eigenvalue weighted by Gasteiger charge is 2.17. The molecule has 0 fully saturated rings. The fraction of sp³-hybridized carbons (Fsp3) is 0.176. The van der Waals surface area contributed by atoms with Gasteiger partial charge in [-0.2, -0.15) is 5.10 Å². The Bertz CT molecular complexity index is 798. The Balaban J connectivity index is 1.80. The summed E-state index contributed by atoms with van der Waals surface area (Å²) < 4.78 is 1.86. The topological polar surface area (TPSA) is 72.7 Å². The Hall–Kier alpha value is -3.02. The Kier molecular flexibility index (Phi) is 4.14. The van der Waals surface area contributed by atoms with Crippen molar-refractivity contribution in [2.24, 2.45) is 0 Å². The van der Waals surface area contributed by atoms with E-state index in [1.165, 1.54) is 18.6 Å². The molecule has 2 heterocycles. The van der Waals surface area contributed by atoms with E-state index < -0.39 is 0 Å². The smallest absolute Gasteiger partial charge is 0.271 e. The van der Waals surface area contributed by atoms with Crippen LogP contribution >= 0.6 is 0 Å². The van der Waals surface area contributed by atoms with Gasteiger partial charge in [0.15, 0.2) is 0 Å². The molecule has 0 radical (unpaired) electrons. The Morgan fingerprint density at radius 1 is 1.17 bits per heavy atom. The van der Waals surface area contributed by atoms with Crippen LogP contribution in [0.3, 0.4) is 0 Å². The van der Waals surface area contributed by atoms with Gasteiger partial charge in [-0.1, -0.05) is 18.2 Å². The van der Waals surface area contributed by atoms with Crippen LogP contribution in [0, 0.1) is 6.92 Å². The minimum atomic E-state index is -0.252. The third-order valence-corrected chi connectivity index (χ3v) is 3.66. The fourth-order valence-electron chi connectivity index (χ4n) is 2.44. The van der Waals surface area contributed by atoms with Gasteiger partial charge in [0.2, 0.25) is 0 Å². The molecule has 0 saturated heterocycles. The third kappa shape index (κ3) is 3.11. The maximum Gasteiger partial charge on any atom is 0.271 e. The fourth-order valence-corrected chi connectivity index (χ4v) is 2.44. The average Bonchev–Trinajstić information content (AvgIpc) is 2.98. The van der Waals surface area contributed by atoms with Crippen molar-refractivity contribution >= 4 is 5.91 Å². The number of aromatic nitrogens is 4. The number of benzene rings is 1. The normalized spacial score (nSPS) is 11.9. The molecule has 0 unspecified atom stereocenters. The molecule has 6 heteroatoms. The summed E-state index contributed by atoms with van der Waals surface area (Å²) >= 11 is 0. The summed E-state index contributed by atoms with van der Waals surface area (Å²) in [6, 6.07) is 9.71.